The van der Waals surface area contributed by atoms with Crippen LogP contribution in [0.25, 0.3) is 0 Å². The minimum absolute atomic E-state index is 0.00199. The van der Waals surface area contributed by atoms with E-state index < -0.39 is 5.60 Å². The lowest BCUT2D eigenvalue weighted by atomic mass is 9.66. The highest BCUT2D eigenvalue weighted by molar-refractivity contribution is 5.93. The number of benzene rings is 1. The molecule has 2 N–H and O–H groups in total. The van der Waals surface area contributed by atoms with Crippen molar-refractivity contribution in [3.63, 3.8) is 0 Å². The van der Waals surface area contributed by atoms with Gasteiger partial charge in [-0.3, -0.25) is 4.79 Å². The quantitative estimate of drug-likeness (QED) is 0.288. The third-order valence-corrected chi connectivity index (χ3v) is 8.45. The minimum Gasteiger partial charge on any atom is -0.508 e. The Balaban J connectivity index is 1.52. The molecule has 2 aliphatic heterocycles. The number of phenols is 1. The fourth-order valence-corrected chi connectivity index (χ4v) is 6.10. The summed E-state index contributed by atoms with van der Waals surface area (Å²) in [6.07, 6.45) is 11.7. The van der Waals surface area contributed by atoms with Crippen LogP contribution in [0.3, 0.4) is 0 Å². The number of carbonyl (C=O) groups excluding carboxylic acids is 1. The highest BCUT2D eigenvalue weighted by Crippen LogP contribution is 2.55. The summed E-state index contributed by atoms with van der Waals surface area (Å²) in [5, 5.41) is 11.3. The Morgan fingerprint density at radius 2 is 2.03 bits per heavy atom. The van der Waals surface area contributed by atoms with E-state index in [1.165, 1.54) is 25.7 Å². The molecule has 0 aromatic heterocycles. The lowest BCUT2D eigenvalue weighted by Crippen LogP contribution is -2.46. The van der Waals surface area contributed by atoms with Crippen LogP contribution in [-0.2, 0) is 19.8 Å². The van der Waals surface area contributed by atoms with E-state index in [1.54, 1.807) is 0 Å². The normalized spacial score (nSPS) is 25.2. The number of nitrogens with one attached hydrogen (secondary N) is 1. The highest BCUT2D eigenvalue weighted by atomic mass is 16.8. The lowest BCUT2D eigenvalue weighted by molar-refractivity contribution is -0.199. The van der Waals surface area contributed by atoms with Crippen LogP contribution in [0.1, 0.15) is 116 Å². The smallest absolute Gasteiger partial charge is 0.270 e. The number of hydrogen-bond acceptors (Lipinski definition) is 5. The minimum atomic E-state index is -0.404. The zero-order valence-corrected chi connectivity index (χ0v) is 22.8. The first kappa shape index (κ1) is 27.0. The molecule has 1 amide bonds. The Morgan fingerprint density at radius 1 is 1.22 bits per heavy atom. The molecule has 6 nitrogen and oxygen atoms in total. The van der Waals surface area contributed by atoms with E-state index in [9.17, 15) is 9.90 Å². The van der Waals surface area contributed by atoms with Gasteiger partial charge in [0.2, 0.25) is 0 Å². The van der Waals surface area contributed by atoms with Gasteiger partial charge in [-0.25, -0.2) is 10.3 Å². The van der Waals surface area contributed by atoms with Crippen LogP contribution in [0.5, 0.6) is 11.5 Å². The molecular formula is C30H45NO5. The molecule has 1 unspecified atom stereocenters. The van der Waals surface area contributed by atoms with Gasteiger partial charge in [0.15, 0.2) is 6.29 Å². The summed E-state index contributed by atoms with van der Waals surface area (Å²) >= 11 is 0. The third kappa shape index (κ3) is 5.91. The van der Waals surface area contributed by atoms with Crippen molar-refractivity contribution in [3.05, 3.63) is 34.9 Å². The van der Waals surface area contributed by atoms with Crippen molar-refractivity contribution in [2.75, 3.05) is 6.61 Å². The van der Waals surface area contributed by atoms with Crippen LogP contribution in [-0.4, -0.2) is 29.5 Å². The Bertz CT molecular complexity index is 960. The van der Waals surface area contributed by atoms with E-state index >= 15 is 0 Å². The first-order valence-electron chi connectivity index (χ1n) is 14.0. The number of amides is 1. The molecule has 0 spiro atoms. The van der Waals surface area contributed by atoms with Gasteiger partial charge >= 0.3 is 0 Å². The highest BCUT2D eigenvalue weighted by Gasteiger charge is 2.47. The van der Waals surface area contributed by atoms with Gasteiger partial charge in [0.25, 0.3) is 5.91 Å². The van der Waals surface area contributed by atoms with Gasteiger partial charge in [-0.1, -0.05) is 52.5 Å². The van der Waals surface area contributed by atoms with Crippen LogP contribution < -0.4 is 10.2 Å². The number of fused-ring (bicyclic) bond motifs is 3. The molecule has 1 saturated heterocycles. The summed E-state index contributed by atoms with van der Waals surface area (Å²) in [4.78, 5) is 18.5. The van der Waals surface area contributed by atoms with Crippen LogP contribution in [0, 0.1) is 5.92 Å². The topological polar surface area (TPSA) is 77.0 Å². The van der Waals surface area contributed by atoms with Crippen molar-refractivity contribution in [2.24, 2.45) is 5.92 Å². The van der Waals surface area contributed by atoms with Crippen molar-refractivity contribution < 1.29 is 24.2 Å². The summed E-state index contributed by atoms with van der Waals surface area (Å²) < 4.78 is 12.1. The van der Waals surface area contributed by atoms with Gasteiger partial charge in [0, 0.05) is 36.0 Å². The van der Waals surface area contributed by atoms with Crippen molar-refractivity contribution in [1.82, 2.24) is 5.48 Å². The SMILES string of the molecule is CCCCCCC(C)(C)c1cc(O)c2c(c1)OC(C)(C)[C@@H]1CC=C(C(=O)NOC3CCCCO3)C[C@@H]21. The Hall–Kier alpha value is -2.05. The largest absolute Gasteiger partial charge is 0.508 e. The molecule has 3 atom stereocenters. The second kappa shape index (κ2) is 11.1. The number of aromatic hydroxyl groups is 1. The predicted octanol–water partition coefficient (Wildman–Crippen LogP) is 6.81. The lowest BCUT2D eigenvalue weighted by Gasteiger charge is -2.47. The van der Waals surface area contributed by atoms with Gasteiger partial charge in [-0.2, -0.15) is 0 Å². The molecule has 0 bridgehead atoms. The molecule has 36 heavy (non-hydrogen) atoms. The maximum atomic E-state index is 13.0. The Morgan fingerprint density at radius 3 is 2.75 bits per heavy atom. The summed E-state index contributed by atoms with van der Waals surface area (Å²) in [6, 6.07) is 4.06. The van der Waals surface area contributed by atoms with Crippen LogP contribution >= 0.6 is 0 Å². The van der Waals surface area contributed by atoms with E-state index in [-0.39, 0.29) is 35.2 Å². The summed E-state index contributed by atoms with van der Waals surface area (Å²) in [5.74, 6) is 0.984. The maximum absolute atomic E-state index is 13.0. The van der Waals surface area contributed by atoms with Gasteiger partial charge < -0.3 is 14.6 Å². The van der Waals surface area contributed by atoms with Crippen molar-refractivity contribution >= 4 is 5.91 Å². The van der Waals surface area contributed by atoms with Gasteiger partial charge in [-0.05, 0) is 69.1 Å². The predicted molar refractivity (Wildman–Crippen MR) is 141 cm³/mol. The molecule has 1 aliphatic carbocycles. The molecule has 0 radical (unpaired) electrons. The Kier molecular flexibility index (Phi) is 8.35. The molecule has 200 valence electrons. The monoisotopic (exact) mass is 499 g/mol. The van der Waals surface area contributed by atoms with Crippen molar-refractivity contribution in [1.29, 1.82) is 0 Å². The van der Waals surface area contributed by atoms with E-state index in [4.69, 9.17) is 14.3 Å². The molecule has 1 fully saturated rings. The third-order valence-electron chi connectivity index (χ3n) is 8.45. The number of unbranched alkanes of at least 4 members (excludes halogenated alkanes) is 3. The van der Waals surface area contributed by atoms with Gasteiger partial charge in [0.05, 0.1) is 0 Å². The zero-order valence-electron chi connectivity index (χ0n) is 22.8. The summed E-state index contributed by atoms with van der Waals surface area (Å²) in [7, 11) is 0. The number of rotatable bonds is 9. The molecule has 2 heterocycles. The standard InChI is InChI=1S/C30H45NO5/c1-6-7-8-10-15-29(2,3)21-18-24(32)27-22-17-20(28(33)31-36-26-12-9-11-16-34-26)13-14-23(22)30(4,5)35-25(27)19-21/h13,18-19,22-23,26,32H,6-12,14-17H2,1-5H3,(H,31,33)/t22-,23-,26?/m1/s1. The number of hydroxylamine groups is 1. The molecule has 0 saturated carbocycles. The van der Waals surface area contributed by atoms with Gasteiger partial charge in [0.1, 0.15) is 17.1 Å². The number of phenolic OH excluding ortho intramolecular Hbond substituents is 1. The molecule has 4 rings (SSSR count). The second-order valence-corrected chi connectivity index (χ2v) is 12.0. The molecule has 1 aromatic rings. The van der Waals surface area contributed by atoms with E-state index in [0.29, 0.717) is 25.0 Å². The van der Waals surface area contributed by atoms with Crippen molar-refractivity contribution in [2.45, 2.75) is 122 Å². The van der Waals surface area contributed by atoms with E-state index in [0.717, 1.165) is 42.6 Å². The Labute approximate surface area is 216 Å². The number of hydrogen-bond donors (Lipinski definition) is 2. The first-order valence-corrected chi connectivity index (χ1v) is 14.0. The van der Waals surface area contributed by atoms with Crippen LogP contribution in [0.2, 0.25) is 0 Å². The number of carbonyl (C=O) groups is 1. The van der Waals surface area contributed by atoms with Crippen molar-refractivity contribution in [3.8, 4) is 11.5 Å². The first-order chi connectivity index (χ1) is 17.1. The van der Waals surface area contributed by atoms with E-state index in [1.807, 2.05) is 12.1 Å². The molecule has 3 aliphatic rings. The molecule has 1 aromatic carbocycles. The van der Waals surface area contributed by atoms with Crippen LogP contribution in [0.4, 0.5) is 0 Å². The summed E-state index contributed by atoms with van der Waals surface area (Å²) in [6.45, 7) is 11.6. The van der Waals surface area contributed by atoms with Crippen LogP contribution in [0.15, 0.2) is 23.8 Å². The zero-order chi connectivity index (χ0) is 25.9. The van der Waals surface area contributed by atoms with E-state index in [2.05, 4.69) is 46.2 Å². The maximum Gasteiger partial charge on any atom is 0.270 e. The second-order valence-electron chi connectivity index (χ2n) is 12.0. The fraction of sp³-hybridized carbons (Fsp3) is 0.700. The average molecular weight is 500 g/mol. The molecular weight excluding hydrogens is 454 g/mol. The fourth-order valence-electron chi connectivity index (χ4n) is 6.10. The molecule has 6 heteroatoms. The number of allylic oxidation sites excluding steroid dienone is 1. The summed E-state index contributed by atoms with van der Waals surface area (Å²) in [5.41, 5.74) is 4.78. The average Bonchev–Trinajstić information content (AvgIpc) is 2.85. The number of ether oxygens (including phenoxy) is 2. The van der Waals surface area contributed by atoms with Gasteiger partial charge in [-0.15, -0.1) is 0 Å².